The van der Waals surface area contributed by atoms with E-state index in [-0.39, 0.29) is 50.2 Å². The zero-order chi connectivity index (χ0) is 47.9. The highest BCUT2D eigenvalue weighted by atomic mass is 17.0. The van der Waals surface area contributed by atoms with E-state index in [4.69, 9.17) is 42.7 Å². The molecule has 0 radical (unpaired) electrons. The van der Waals surface area contributed by atoms with Crippen LogP contribution in [0.3, 0.4) is 0 Å². The van der Waals surface area contributed by atoms with Crippen LogP contribution in [0.15, 0.2) is 0 Å². The molecule has 3 rings (SSSR count). The number of likely N-dealkylation sites (N-methyl/N-ethyl adjacent to an activating group) is 2. The van der Waals surface area contributed by atoms with Gasteiger partial charge in [-0.25, -0.2) is 0 Å². The number of cyclic esters (lactones) is 1. The normalized spacial score (nSPS) is 42.7. The number of methoxy groups -OCH3 is 1. The van der Waals surface area contributed by atoms with Crippen LogP contribution in [-0.2, 0) is 57.1 Å². The van der Waals surface area contributed by atoms with Crippen molar-refractivity contribution in [3.63, 3.8) is 0 Å². The number of rotatable bonds is 13. The standard InChI is InChI=1S/C44H79N3O16/c1-17-31-44(12,52)38(60-33(49)19-3)28(8)46(15)23-24(4)21-42(10,51)37(62-41-36(59-32(48)18-2)30(45(13)14)20-25(5)56-41)26(6)35(27(7)40(50)58-31)61-34-22-43(11,55-16)39(29(9)57-34)63-47(53)54/h24-31,34-39,41,51-52H,17-23H2,1-16H3/t24-,25-,26+,27-,28-,29+,30?,31-,34+,35+,36-,37-,38-,39+,41+,42-,43-,44-/m1/s1. The summed E-state index contributed by atoms with van der Waals surface area (Å²) in [5.41, 5.74) is -4.85. The van der Waals surface area contributed by atoms with Crippen LogP contribution in [0.4, 0.5) is 0 Å². The maximum Gasteiger partial charge on any atom is 0.311 e. The quantitative estimate of drug-likeness (QED) is 0.115. The van der Waals surface area contributed by atoms with Crippen molar-refractivity contribution < 1.29 is 72.4 Å². The zero-order valence-electron chi connectivity index (χ0n) is 40.6. The van der Waals surface area contributed by atoms with Crippen LogP contribution in [0.2, 0.25) is 0 Å². The highest BCUT2D eigenvalue weighted by Gasteiger charge is 2.54. The molecule has 18 atom stereocenters. The van der Waals surface area contributed by atoms with Crippen molar-refractivity contribution in [3.05, 3.63) is 10.1 Å². The van der Waals surface area contributed by atoms with Crippen molar-refractivity contribution in [1.29, 1.82) is 0 Å². The van der Waals surface area contributed by atoms with Gasteiger partial charge >= 0.3 is 17.9 Å². The summed E-state index contributed by atoms with van der Waals surface area (Å²) >= 11 is 0. The van der Waals surface area contributed by atoms with Crippen LogP contribution in [0.5, 0.6) is 0 Å². The van der Waals surface area contributed by atoms with Crippen molar-refractivity contribution in [2.45, 2.75) is 212 Å². The third kappa shape index (κ3) is 13.4. The summed E-state index contributed by atoms with van der Waals surface area (Å²) in [6, 6.07) is -0.906. The summed E-state index contributed by atoms with van der Waals surface area (Å²) in [5.74, 6) is -4.08. The van der Waals surface area contributed by atoms with E-state index in [1.165, 1.54) is 14.0 Å². The van der Waals surface area contributed by atoms with Crippen molar-refractivity contribution in [2.75, 3.05) is 34.8 Å². The minimum atomic E-state index is -1.87. The van der Waals surface area contributed by atoms with Crippen LogP contribution in [0.25, 0.3) is 0 Å². The minimum absolute atomic E-state index is 0.0499. The predicted octanol–water partition coefficient (Wildman–Crippen LogP) is 4.04. The van der Waals surface area contributed by atoms with Gasteiger partial charge in [0.05, 0.1) is 47.6 Å². The van der Waals surface area contributed by atoms with Crippen molar-refractivity contribution in [3.8, 4) is 0 Å². The molecule has 1 unspecified atom stereocenters. The second kappa shape index (κ2) is 22.6. The van der Waals surface area contributed by atoms with Gasteiger partial charge in [0.2, 0.25) is 0 Å². The Balaban J connectivity index is 2.29. The number of ether oxygens (including phenoxy) is 8. The number of hydrogen-bond acceptors (Lipinski definition) is 18. The zero-order valence-corrected chi connectivity index (χ0v) is 40.6. The second-order valence-electron chi connectivity index (χ2n) is 19.1. The summed E-state index contributed by atoms with van der Waals surface area (Å²) in [5, 5.41) is 35.8. The number of carbonyl (C=O) groups is 3. The summed E-state index contributed by atoms with van der Waals surface area (Å²) in [6.45, 7) is 20.8. The average molecular weight is 906 g/mol. The van der Waals surface area contributed by atoms with Gasteiger partial charge in [-0.05, 0) is 94.8 Å². The molecular formula is C44H79N3O16. The Kier molecular flexibility index (Phi) is 19.6. The van der Waals surface area contributed by atoms with Gasteiger partial charge in [-0.2, -0.15) is 0 Å². The molecule has 366 valence electrons. The van der Waals surface area contributed by atoms with Gasteiger partial charge in [0, 0.05) is 44.9 Å². The van der Waals surface area contributed by atoms with E-state index >= 15 is 0 Å². The summed E-state index contributed by atoms with van der Waals surface area (Å²) in [4.78, 5) is 60.9. The molecule has 3 saturated heterocycles. The number of carbonyl (C=O) groups excluding carboxylic acids is 3. The number of esters is 3. The fourth-order valence-electron chi connectivity index (χ4n) is 9.79. The summed E-state index contributed by atoms with van der Waals surface area (Å²) < 4.78 is 50.4. The molecule has 63 heavy (non-hydrogen) atoms. The maximum absolute atomic E-state index is 14.7. The Morgan fingerprint density at radius 3 is 2.05 bits per heavy atom. The number of hydrogen-bond donors (Lipinski definition) is 2. The van der Waals surface area contributed by atoms with Crippen LogP contribution >= 0.6 is 0 Å². The summed E-state index contributed by atoms with van der Waals surface area (Å²) in [6.07, 6.45) is -9.39. The molecule has 3 heterocycles. The Bertz CT molecular complexity index is 1520. The Labute approximate surface area is 374 Å². The number of aliphatic hydroxyl groups is 2. The van der Waals surface area contributed by atoms with Crippen LogP contribution < -0.4 is 0 Å². The molecule has 0 bridgehead atoms. The third-order valence-corrected chi connectivity index (χ3v) is 13.4. The van der Waals surface area contributed by atoms with Crippen LogP contribution in [0.1, 0.15) is 122 Å². The predicted molar refractivity (Wildman–Crippen MR) is 228 cm³/mol. The lowest BCUT2D eigenvalue weighted by atomic mass is 9.77. The second-order valence-corrected chi connectivity index (χ2v) is 19.1. The van der Waals surface area contributed by atoms with Crippen molar-refractivity contribution >= 4 is 17.9 Å². The van der Waals surface area contributed by atoms with E-state index in [0.717, 1.165) is 0 Å². The molecule has 0 amide bonds. The topological polar surface area (TPSA) is 224 Å². The molecule has 0 aliphatic carbocycles. The maximum atomic E-state index is 14.7. The van der Waals surface area contributed by atoms with Crippen molar-refractivity contribution in [2.24, 2.45) is 17.8 Å². The monoisotopic (exact) mass is 906 g/mol. The van der Waals surface area contributed by atoms with E-state index in [9.17, 15) is 34.7 Å². The van der Waals surface area contributed by atoms with Gasteiger partial charge in [0.1, 0.15) is 17.8 Å². The van der Waals surface area contributed by atoms with Gasteiger partial charge in [-0.3, -0.25) is 19.3 Å². The fourth-order valence-corrected chi connectivity index (χ4v) is 9.79. The highest BCUT2D eigenvalue weighted by molar-refractivity contribution is 5.73. The molecule has 3 aliphatic rings. The first-order valence-electron chi connectivity index (χ1n) is 22.6. The van der Waals surface area contributed by atoms with Gasteiger partial charge in [0.15, 0.2) is 24.8 Å². The van der Waals surface area contributed by atoms with E-state index in [1.54, 1.807) is 55.4 Å². The molecule has 3 fully saturated rings. The molecular weight excluding hydrogens is 826 g/mol. The molecule has 0 spiro atoms. The molecule has 3 aliphatic heterocycles. The van der Waals surface area contributed by atoms with E-state index in [0.29, 0.717) is 13.0 Å². The van der Waals surface area contributed by atoms with E-state index in [1.807, 2.05) is 51.7 Å². The molecule has 0 aromatic carbocycles. The van der Waals surface area contributed by atoms with E-state index < -0.39 is 113 Å². The first-order chi connectivity index (χ1) is 29.2. The van der Waals surface area contributed by atoms with Crippen molar-refractivity contribution in [1.82, 2.24) is 9.80 Å². The minimum Gasteiger partial charge on any atom is -0.459 e. The molecule has 0 aromatic rings. The Morgan fingerprint density at radius 2 is 1.51 bits per heavy atom. The molecule has 19 heteroatoms. The number of nitrogens with zero attached hydrogens (tertiary/aromatic N) is 3. The molecule has 2 N–H and O–H groups in total. The van der Waals surface area contributed by atoms with E-state index in [2.05, 4.69) is 0 Å². The Hall–Kier alpha value is -2.75. The first kappa shape index (κ1) is 54.6. The fraction of sp³-hybridized carbons (Fsp3) is 0.932. The van der Waals surface area contributed by atoms with Crippen LogP contribution in [0, 0.1) is 27.9 Å². The lowest BCUT2D eigenvalue weighted by molar-refractivity contribution is -0.776. The third-order valence-electron chi connectivity index (χ3n) is 13.4. The summed E-state index contributed by atoms with van der Waals surface area (Å²) in [7, 11) is 6.98. The smallest absolute Gasteiger partial charge is 0.311 e. The van der Waals surface area contributed by atoms with Crippen LogP contribution in [-0.4, -0.2) is 168 Å². The highest BCUT2D eigenvalue weighted by Crippen LogP contribution is 2.41. The van der Waals surface area contributed by atoms with Gasteiger partial charge in [-0.15, -0.1) is 10.1 Å². The van der Waals surface area contributed by atoms with Gasteiger partial charge in [0.25, 0.3) is 5.09 Å². The SMILES string of the molecule is CCC(=O)O[C@@H]1C(N(C)C)C[C@@H](C)O[C@H]1O[C@@H]1[C@@H](C)[C@H](O[C@H]2C[C@@](C)(OC)[C@@H](O[N+](=O)[O-])[C@H](C)O2)[C@@H](C)C(=O)O[C@H](CC)[C@@](C)(O)[C@H](OC(=O)CC)[C@@H](C)N(C)C[C@H](C)C[C@@]1(C)O. The Morgan fingerprint density at radius 1 is 0.905 bits per heavy atom. The molecule has 0 aromatic heterocycles. The van der Waals surface area contributed by atoms with Gasteiger partial charge < -0.3 is 57.8 Å². The lowest BCUT2D eigenvalue weighted by Gasteiger charge is -2.49. The molecule has 0 saturated carbocycles. The van der Waals surface area contributed by atoms with Gasteiger partial charge in [-0.1, -0.05) is 34.6 Å². The lowest BCUT2D eigenvalue weighted by Crippen LogP contribution is -2.61. The average Bonchev–Trinajstić information content (AvgIpc) is 3.19. The first-order valence-corrected chi connectivity index (χ1v) is 22.6. The molecule has 19 nitrogen and oxygen atoms in total. The largest absolute Gasteiger partial charge is 0.459 e.